The Kier molecular flexibility index (Phi) is 7.85. The lowest BCUT2D eigenvalue weighted by atomic mass is 9.90. The summed E-state index contributed by atoms with van der Waals surface area (Å²) in [5, 5.41) is 2.32. The molecule has 0 fully saturated rings. The van der Waals surface area contributed by atoms with Crippen molar-refractivity contribution in [2.75, 3.05) is 4.90 Å². The Bertz CT molecular complexity index is 2770. The first-order chi connectivity index (χ1) is 26.8. The minimum atomic E-state index is 0.813. The molecule has 54 heavy (non-hydrogen) atoms. The van der Waals surface area contributed by atoms with Crippen molar-refractivity contribution in [2.24, 2.45) is 0 Å². The lowest BCUT2D eigenvalue weighted by Gasteiger charge is -2.30. The SMILES string of the molecule is c1ccc(-c2ccc(N(c3ccccc3-c3ccccc3)c3cccc4c3Oc3cc5ccccc5cc3-c3ccc(-c5ccccc5)cc3-4)cc2)cc1. The molecular weight excluding hydrogens is 655 g/mol. The molecule has 0 radical (unpaired) electrons. The van der Waals surface area contributed by atoms with Crippen LogP contribution in [0.2, 0.25) is 0 Å². The van der Waals surface area contributed by atoms with E-state index in [-0.39, 0.29) is 0 Å². The Morgan fingerprint density at radius 1 is 0.296 bits per heavy atom. The van der Waals surface area contributed by atoms with Gasteiger partial charge in [-0.2, -0.15) is 0 Å². The van der Waals surface area contributed by atoms with Crippen molar-refractivity contribution in [3.05, 3.63) is 212 Å². The van der Waals surface area contributed by atoms with Gasteiger partial charge in [0.2, 0.25) is 0 Å². The average Bonchev–Trinajstić information content (AvgIpc) is 3.38. The van der Waals surface area contributed by atoms with Gasteiger partial charge in [0.1, 0.15) is 5.75 Å². The molecule has 0 aliphatic carbocycles. The maximum absolute atomic E-state index is 7.29. The summed E-state index contributed by atoms with van der Waals surface area (Å²) in [7, 11) is 0. The van der Waals surface area contributed by atoms with Crippen molar-refractivity contribution >= 4 is 27.8 Å². The van der Waals surface area contributed by atoms with Crippen LogP contribution in [0.4, 0.5) is 17.1 Å². The Labute approximate surface area is 315 Å². The average molecular weight is 690 g/mol. The van der Waals surface area contributed by atoms with Gasteiger partial charge in [-0.1, -0.05) is 170 Å². The van der Waals surface area contributed by atoms with E-state index in [1.807, 2.05) is 0 Å². The molecule has 0 saturated heterocycles. The normalized spacial score (nSPS) is 11.5. The topological polar surface area (TPSA) is 12.5 Å². The van der Waals surface area contributed by atoms with E-state index in [4.69, 9.17) is 4.74 Å². The van der Waals surface area contributed by atoms with Gasteiger partial charge in [-0.05, 0) is 92.2 Å². The molecule has 1 aliphatic rings. The molecular formula is C52H35NO. The first kappa shape index (κ1) is 31.6. The number of para-hydroxylation sites is 2. The van der Waals surface area contributed by atoms with Gasteiger partial charge in [-0.25, -0.2) is 0 Å². The van der Waals surface area contributed by atoms with E-state index in [1.54, 1.807) is 0 Å². The highest BCUT2D eigenvalue weighted by Crippen LogP contribution is 2.54. The molecule has 9 aromatic carbocycles. The zero-order valence-electron chi connectivity index (χ0n) is 29.6. The maximum Gasteiger partial charge on any atom is 0.159 e. The number of anilines is 3. The third kappa shape index (κ3) is 5.62. The summed E-state index contributed by atoms with van der Waals surface area (Å²) in [4.78, 5) is 2.36. The Balaban J connectivity index is 1.24. The van der Waals surface area contributed by atoms with Gasteiger partial charge < -0.3 is 9.64 Å². The number of nitrogens with zero attached hydrogens (tertiary/aromatic N) is 1. The van der Waals surface area contributed by atoms with Gasteiger partial charge in [0.25, 0.3) is 0 Å². The van der Waals surface area contributed by atoms with E-state index in [2.05, 4.69) is 217 Å². The van der Waals surface area contributed by atoms with Crippen LogP contribution in [0, 0.1) is 0 Å². The van der Waals surface area contributed by atoms with E-state index >= 15 is 0 Å². The van der Waals surface area contributed by atoms with Gasteiger partial charge in [-0.3, -0.25) is 0 Å². The van der Waals surface area contributed by atoms with Gasteiger partial charge in [-0.15, -0.1) is 0 Å². The highest BCUT2D eigenvalue weighted by atomic mass is 16.5. The van der Waals surface area contributed by atoms with Crippen LogP contribution in [0.3, 0.4) is 0 Å². The standard InChI is InChI=1S/C52H35NO/c1-4-15-36(16-5-1)38-27-30-43(31-28-38)53(49-25-13-12-23-44(49)39-19-8-3-9-20-39)50-26-14-24-46-47-33-42(37-17-6-2-7-18-37)29-32-45(47)48-34-40-21-10-11-22-41(40)35-51(48)54-52(46)50/h1-35H. The molecule has 2 heteroatoms. The third-order valence-corrected chi connectivity index (χ3v) is 10.5. The van der Waals surface area contributed by atoms with Gasteiger partial charge in [0, 0.05) is 22.4 Å². The number of fused-ring (bicyclic) bond motifs is 6. The minimum absolute atomic E-state index is 0.813. The predicted octanol–water partition coefficient (Wildman–Crippen LogP) is 14.8. The lowest BCUT2D eigenvalue weighted by Crippen LogP contribution is -2.12. The number of benzene rings is 9. The van der Waals surface area contributed by atoms with E-state index in [0.29, 0.717) is 0 Å². The first-order valence-corrected chi connectivity index (χ1v) is 18.4. The molecule has 254 valence electrons. The molecule has 0 atom stereocenters. The van der Waals surface area contributed by atoms with Crippen LogP contribution in [-0.2, 0) is 0 Å². The second kappa shape index (κ2) is 13.4. The number of hydrogen-bond acceptors (Lipinski definition) is 2. The van der Waals surface area contributed by atoms with Crippen LogP contribution in [0.25, 0.3) is 66.4 Å². The Morgan fingerprint density at radius 2 is 0.833 bits per heavy atom. The summed E-state index contributed by atoms with van der Waals surface area (Å²) in [6.07, 6.45) is 0. The highest BCUT2D eigenvalue weighted by molar-refractivity contribution is 6.01. The van der Waals surface area contributed by atoms with Crippen molar-refractivity contribution in [3.8, 4) is 67.1 Å². The number of ether oxygens (including phenoxy) is 1. The molecule has 0 saturated carbocycles. The van der Waals surface area contributed by atoms with E-state index in [0.717, 1.165) is 72.9 Å². The van der Waals surface area contributed by atoms with Crippen molar-refractivity contribution in [1.82, 2.24) is 0 Å². The van der Waals surface area contributed by atoms with Crippen molar-refractivity contribution in [3.63, 3.8) is 0 Å². The maximum atomic E-state index is 7.29. The van der Waals surface area contributed by atoms with E-state index in [9.17, 15) is 0 Å². The molecule has 1 heterocycles. The minimum Gasteiger partial charge on any atom is -0.454 e. The van der Waals surface area contributed by atoms with Crippen molar-refractivity contribution in [1.29, 1.82) is 0 Å². The molecule has 1 aliphatic heterocycles. The number of hydrogen-bond donors (Lipinski definition) is 0. The zero-order valence-corrected chi connectivity index (χ0v) is 29.6. The quantitative estimate of drug-likeness (QED) is 0.172. The largest absolute Gasteiger partial charge is 0.454 e. The molecule has 0 amide bonds. The summed E-state index contributed by atoms with van der Waals surface area (Å²) in [5.74, 6) is 1.65. The van der Waals surface area contributed by atoms with Gasteiger partial charge in [0.05, 0.1) is 11.4 Å². The zero-order chi connectivity index (χ0) is 35.8. The summed E-state index contributed by atoms with van der Waals surface area (Å²) in [6.45, 7) is 0. The second-order valence-electron chi connectivity index (χ2n) is 13.7. The Hall–Kier alpha value is -7.16. The molecule has 0 N–H and O–H groups in total. The number of rotatable bonds is 6. The fourth-order valence-electron chi connectivity index (χ4n) is 7.83. The van der Waals surface area contributed by atoms with Crippen LogP contribution < -0.4 is 9.64 Å². The van der Waals surface area contributed by atoms with Gasteiger partial charge in [0.15, 0.2) is 5.75 Å². The first-order valence-electron chi connectivity index (χ1n) is 18.4. The predicted molar refractivity (Wildman–Crippen MR) is 226 cm³/mol. The van der Waals surface area contributed by atoms with Crippen LogP contribution in [0.15, 0.2) is 212 Å². The van der Waals surface area contributed by atoms with Gasteiger partial charge >= 0.3 is 0 Å². The van der Waals surface area contributed by atoms with Crippen LogP contribution in [0.1, 0.15) is 0 Å². The van der Waals surface area contributed by atoms with Crippen LogP contribution in [-0.4, -0.2) is 0 Å². The fourth-order valence-corrected chi connectivity index (χ4v) is 7.83. The van der Waals surface area contributed by atoms with Crippen LogP contribution >= 0.6 is 0 Å². The molecule has 0 spiro atoms. The molecule has 2 nitrogen and oxygen atoms in total. The molecule has 10 rings (SSSR count). The summed E-state index contributed by atoms with van der Waals surface area (Å²) >= 11 is 0. The van der Waals surface area contributed by atoms with Crippen molar-refractivity contribution in [2.45, 2.75) is 0 Å². The summed E-state index contributed by atoms with van der Waals surface area (Å²) < 4.78 is 7.29. The van der Waals surface area contributed by atoms with E-state index in [1.165, 1.54) is 22.1 Å². The fraction of sp³-hybridized carbons (Fsp3) is 0. The van der Waals surface area contributed by atoms with Crippen LogP contribution in [0.5, 0.6) is 11.5 Å². The smallest absolute Gasteiger partial charge is 0.159 e. The molecule has 0 aromatic heterocycles. The molecule has 9 aromatic rings. The second-order valence-corrected chi connectivity index (χ2v) is 13.7. The highest BCUT2D eigenvalue weighted by Gasteiger charge is 2.28. The molecule has 0 bridgehead atoms. The summed E-state index contributed by atoms with van der Waals surface area (Å²) in [5.41, 5.74) is 14.5. The Morgan fingerprint density at radius 3 is 1.56 bits per heavy atom. The lowest BCUT2D eigenvalue weighted by molar-refractivity contribution is 0.489. The van der Waals surface area contributed by atoms with E-state index < -0.39 is 0 Å². The molecule has 0 unspecified atom stereocenters. The van der Waals surface area contributed by atoms with Crippen molar-refractivity contribution < 1.29 is 4.74 Å². The summed E-state index contributed by atoms with van der Waals surface area (Å²) in [6, 6.07) is 75.8. The third-order valence-electron chi connectivity index (χ3n) is 10.5. The monoisotopic (exact) mass is 689 g/mol.